The molecule has 86 valence electrons. The van der Waals surface area contributed by atoms with Crippen molar-refractivity contribution in [1.29, 1.82) is 0 Å². The highest BCUT2D eigenvalue weighted by Crippen LogP contribution is 2.18. The van der Waals surface area contributed by atoms with Gasteiger partial charge in [-0.1, -0.05) is 18.2 Å². The summed E-state index contributed by atoms with van der Waals surface area (Å²) < 4.78 is 0. The maximum Gasteiger partial charge on any atom is 0.274 e. The van der Waals surface area contributed by atoms with Crippen molar-refractivity contribution in [2.24, 2.45) is 0 Å². The van der Waals surface area contributed by atoms with Gasteiger partial charge in [-0.15, -0.1) is 0 Å². The number of nitro groups is 1. The SMILES string of the molecule is O=[N+]([O-])c1ccccc1CNc1ccncn1. The van der Waals surface area contributed by atoms with Crippen molar-refractivity contribution < 1.29 is 4.92 Å². The Balaban J connectivity index is 2.12. The number of para-hydroxylation sites is 1. The van der Waals surface area contributed by atoms with Crippen molar-refractivity contribution in [3.05, 3.63) is 58.5 Å². The molecular formula is C11H10N4O2. The van der Waals surface area contributed by atoms with Crippen LogP contribution in [-0.4, -0.2) is 14.9 Å². The second kappa shape index (κ2) is 5.02. The normalized spacial score (nSPS) is 9.88. The van der Waals surface area contributed by atoms with Crippen molar-refractivity contribution in [3.63, 3.8) is 0 Å². The number of hydrogen-bond donors (Lipinski definition) is 1. The molecule has 0 bridgehead atoms. The maximum absolute atomic E-state index is 10.8. The number of anilines is 1. The van der Waals surface area contributed by atoms with E-state index in [1.165, 1.54) is 12.4 Å². The quantitative estimate of drug-likeness (QED) is 0.641. The van der Waals surface area contributed by atoms with E-state index in [0.29, 0.717) is 17.9 Å². The van der Waals surface area contributed by atoms with Gasteiger partial charge in [0.15, 0.2) is 0 Å². The van der Waals surface area contributed by atoms with Crippen molar-refractivity contribution >= 4 is 11.5 Å². The molecule has 0 spiro atoms. The Hall–Kier alpha value is -2.50. The fourth-order valence-corrected chi connectivity index (χ4v) is 1.42. The van der Waals surface area contributed by atoms with E-state index in [0.717, 1.165) is 0 Å². The Morgan fingerprint density at radius 2 is 2.12 bits per heavy atom. The van der Waals surface area contributed by atoms with Crippen LogP contribution in [0.15, 0.2) is 42.9 Å². The summed E-state index contributed by atoms with van der Waals surface area (Å²) in [7, 11) is 0. The van der Waals surface area contributed by atoms with Crippen LogP contribution in [0.25, 0.3) is 0 Å². The first kappa shape index (κ1) is 11.0. The van der Waals surface area contributed by atoms with Gasteiger partial charge in [0, 0.05) is 24.4 Å². The zero-order valence-corrected chi connectivity index (χ0v) is 8.91. The van der Waals surface area contributed by atoms with E-state index >= 15 is 0 Å². The molecule has 1 N–H and O–H groups in total. The molecule has 2 rings (SSSR count). The van der Waals surface area contributed by atoms with Crippen LogP contribution in [0.1, 0.15) is 5.56 Å². The van der Waals surface area contributed by atoms with Gasteiger partial charge in [-0.2, -0.15) is 0 Å². The van der Waals surface area contributed by atoms with Gasteiger partial charge in [0.2, 0.25) is 0 Å². The van der Waals surface area contributed by atoms with E-state index < -0.39 is 4.92 Å². The van der Waals surface area contributed by atoms with Crippen LogP contribution in [0.2, 0.25) is 0 Å². The lowest BCUT2D eigenvalue weighted by Gasteiger charge is -2.05. The molecule has 1 aromatic heterocycles. The average Bonchev–Trinajstić information content (AvgIpc) is 2.38. The molecule has 0 aliphatic rings. The van der Waals surface area contributed by atoms with Gasteiger partial charge in [-0.25, -0.2) is 9.97 Å². The number of benzene rings is 1. The van der Waals surface area contributed by atoms with Crippen LogP contribution in [0.5, 0.6) is 0 Å². The zero-order valence-electron chi connectivity index (χ0n) is 8.91. The minimum atomic E-state index is -0.392. The van der Waals surface area contributed by atoms with Gasteiger partial charge in [0.1, 0.15) is 12.1 Å². The number of nitrogens with zero attached hydrogens (tertiary/aromatic N) is 3. The predicted molar refractivity (Wildman–Crippen MR) is 62.5 cm³/mol. The average molecular weight is 230 g/mol. The second-order valence-corrected chi connectivity index (χ2v) is 3.33. The van der Waals surface area contributed by atoms with Crippen LogP contribution < -0.4 is 5.32 Å². The summed E-state index contributed by atoms with van der Waals surface area (Å²) in [6, 6.07) is 8.31. The smallest absolute Gasteiger partial charge is 0.274 e. The molecule has 6 heteroatoms. The van der Waals surface area contributed by atoms with Gasteiger partial charge in [0.05, 0.1) is 4.92 Å². The summed E-state index contributed by atoms with van der Waals surface area (Å²) >= 11 is 0. The lowest BCUT2D eigenvalue weighted by molar-refractivity contribution is -0.385. The van der Waals surface area contributed by atoms with Gasteiger partial charge in [-0.05, 0) is 6.07 Å². The summed E-state index contributed by atoms with van der Waals surface area (Å²) in [5.74, 6) is 0.637. The monoisotopic (exact) mass is 230 g/mol. The van der Waals surface area contributed by atoms with Crippen LogP contribution >= 0.6 is 0 Å². The Morgan fingerprint density at radius 1 is 1.29 bits per heavy atom. The van der Waals surface area contributed by atoms with E-state index in [2.05, 4.69) is 15.3 Å². The van der Waals surface area contributed by atoms with Gasteiger partial charge in [-0.3, -0.25) is 10.1 Å². The lowest BCUT2D eigenvalue weighted by Crippen LogP contribution is -2.04. The van der Waals surface area contributed by atoms with E-state index in [9.17, 15) is 10.1 Å². The van der Waals surface area contributed by atoms with Crippen LogP contribution in [-0.2, 0) is 6.54 Å². The molecule has 0 radical (unpaired) electrons. The first-order valence-corrected chi connectivity index (χ1v) is 4.99. The van der Waals surface area contributed by atoms with Crippen LogP contribution in [0, 0.1) is 10.1 Å². The third kappa shape index (κ3) is 2.75. The number of aromatic nitrogens is 2. The Labute approximate surface area is 97.5 Å². The summed E-state index contributed by atoms with van der Waals surface area (Å²) in [5.41, 5.74) is 0.727. The molecule has 0 atom stereocenters. The fourth-order valence-electron chi connectivity index (χ4n) is 1.42. The van der Waals surface area contributed by atoms with Crippen molar-refractivity contribution in [1.82, 2.24) is 9.97 Å². The molecule has 0 saturated heterocycles. The Kier molecular flexibility index (Phi) is 3.25. The number of nitro benzene ring substituents is 1. The first-order valence-electron chi connectivity index (χ1n) is 4.99. The molecule has 2 aromatic rings. The molecule has 0 saturated carbocycles. The minimum absolute atomic E-state index is 0.106. The van der Waals surface area contributed by atoms with Crippen molar-refractivity contribution in [3.8, 4) is 0 Å². The molecule has 6 nitrogen and oxygen atoms in total. The summed E-state index contributed by atoms with van der Waals surface area (Å²) in [6.45, 7) is 0.355. The Bertz CT molecular complexity index is 516. The van der Waals surface area contributed by atoms with Crippen LogP contribution in [0.4, 0.5) is 11.5 Å². The standard InChI is InChI=1S/C11H10N4O2/c16-15(17)10-4-2-1-3-9(10)7-13-11-5-6-12-8-14-11/h1-6,8H,7H2,(H,12,13,14). The molecule has 0 fully saturated rings. The molecular weight excluding hydrogens is 220 g/mol. The summed E-state index contributed by atoms with van der Waals surface area (Å²) in [5, 5.41) is 13.8. The van der Waals surface area contributed by atoms with Crippen molar-refractivity contribution in [2.75, 3.05) is 5.32 Å². The minimum Gasteiger partial charge on any atom is -0.366 e. The summed E-state index contributed by atoms with van der Waals surface area (Å²) in [6.07, 6.45) is 3.02. The molecule has 0 unspecified atom stereocenters. The van der Waals surface area contributed by atoms with Gasteiger partial charge >= 0.3 is 0 Å². The van der Waals surface area contributed by atoms with Crippen molar-refractivity contribution in [2.45, 2.75) is 6.54 Å². The molecule has 17 heavy (non-hydrogen) atoms. The van der Waals surface area contributed by atoms with E-state index in [4.69, 9.17) is 0 Å². The topological polar surface area (TPSA) is 81.0 Å². The largest absolute Gasteiger partial charge is 0.366 e. The zero-order chi connectivity index (χ0) is 12.1. The lowest BCUT2D eigenvalue weighted by atomic mass is 10.2. The van der Waals surface area contributed by atoms with Crippen LogP contribution in [0.3, 0.4) is 0 Å². The highest BCUT2D eigenvalue weighted by Gasteiger charge is 2.11. The third-order valence-electron chi connectivity index (χ3n) is 2.23. The number of hydrogen-bond acceptors (Lipinski definition) is 5. The van der Waals surface area contributed by atoms with Gasteiger partial charge in [0.25, 0.3) is 5.69 Å². The predicted octanol–water partition coefficient (Wildman–Crippen LogP) is 2.00. The van der Waals surface area contributed by atoms with E-state index in [1.807, 2.05) is 0 Å². The maximum atomic E-state index is 10.8. The molecule has 0 aliphatic heterocycles. The number of rotatable bonds is 4. The fraction of sp³-hybridized carbons (Fsp3) is 0.0909. The molecule has 0 amide bonds. The van der Waals surface area contributed by atoms with E-state index in [-0.39, 0.29) is 5.69 Å². The first-order chi connectivity index (χ1) is 8.27. The molecule has 0 aliphatic carbocycles. The van der Waals surface area contributed by atoms with Gasteiger partial charge < -0.3 is 5.32 Å². The Morgan fingerprint density at radius 3 is 2.82 bits per heavy atom. The highest BCUT2D eigenvalue weighted by atomic mass is 16.6. The van der Waals surface area contributed by atoms with E-state index in [1.54, 1.807) is 30.5 Å². The third-order valence-corrected chi connectivity index (χ3v) is 2.23. The summed E-state index contributed by atoms with van der Waals surface area (Å²) in [4.78, 5) is 18.2. The second-order valence-electron chi connectivity index (χ2n) is 3.33. The molecule has 1 aromatic carbocycles. The molecule has 1 heterocycles. The number of nitrogens with one attached hydrogen (secondary N) is 1. The highest BCUT2D eigenvalue weighted by molar-refractivity contribution is 5.43.